The van der Waals surface area contributed by atoms with E-state index in [2.05, 4.69) is 35.3 Å². The van der Waals surface area contributed by atoms with Crippen LogP contribution < -0.4 is 0 Å². The molecule has 0 saturated carbocycles. The molecule has 2 aliphatic rings. The second-order valence-electron chi connectivity index (χ2n) is 7.97. The third-order valence-corrected chi connectivity index (χ3v) is 6.53. The molecule has 0 radical (unpaired) electrons. The van der Waals surface area contributed by atoms with E-state index >= 15 is 0 Å². The van der Waals surface area contributed by atoms with Gasteiger partial charge in [-0.25, -0.2) is 0 Å². The standard InChI is InChI=1S/C19H31N3O3S/c1-20(2)9-15-8-17(26-14-15)12-21-6-4-19(24)5-7-22(11-16(19)10-21)18(23)13-25-3/h8,14,16,24H,4-7,9-13H2,1-3H3/t16-,19-/m1/s1. The fraction of sp³-hybridized carbons (Fsp3) is 0.737. The topological polar surface area (TPSA) is 56.2 Å². The van der Waals surface area contributed by atoms with Gasteiger partial charge in [-0.2, -0.15) is 0 Å². The van der Waals surface area contributed by atoms with Crippen LogP contribution in [-0.2, 0) is 22.6 Å². The Labute approximate surface area is 160 Å². The van der Waals surface area contributed by atoms with Gasteiger partial charge in [0, 0.05) is 57.2 Å². The molecule has 0 aliphatic carbocycles. The molecule has 3 rings (SSSR count). The lowest BCUT2D eigenvalue weighted by atomic mass is 9.75. The van der Waals surface area contributed by atoms with Gasteiger partial charge >= 0.3 is 0 Å². The Balaban J connectivity index is 1.59. The van der Waals surface area contributed by atoms with Crippen LogP contribution in [0.25, 0.3) is 0 Å². The molecule has 6 nitrogen and oxygen atoms in total. The van der Waals surface area contributed by atoms with Gasteiger partial charge in [0.05, 0.1) is 5.60 Å². The molecule has 146 valence electrons. The number of piperidine rings is 2. The van der Waals surface area contributed by atoms with E-state index in [1.807, 2.05) is 16.2 Å². The minimum Gasteiger partial charge on any atom is -0.389 e. The predicted molar refractivity (Wildman–Crippen MR) is 103 cm³/mol. The number of carbonyl (C=O) groups excluding carboxylic acids is 1. The van der Waals surface area contributed by atoms with Crippen molar-refractivity contribution >= 4 is 17.2 Å². The highest BCUT2D eigenvalue weighted by molar-refractivity contribution is 7.10. The minimum atomic E-state index is -0.619. The lowest BCUT2D eigenvalue weighted by Gasteiger charge is -2.50. The highest BCUT2D eigenvalue weighted by atomic mass is 32.1. The third kappa shape index (κ3) is 4.64. The lowest BCUT2D eigenvalue weighted by molar-refractivity contribution is -0.150. The summed E-state index contributed by atoms with van der Waals surface area (Å²) in [5.41, 5.74) is 0.740. The fourth-order valence-electron chi connectivity index (χ4n) is 4.13. The van der Waals surface area contributed by atoms with Crippen molar-refractivity contribution in [1.82, 2.24) is 14.7 Å². The first-order chi connectivity index (χ1) is 12.4. The molecule has 0 bridgehead atoms. The maximum atomic E-state index is 12.1. The van der Waals surface area contributed by atoms with E-state index in [0.717, 1.165) is 32.6 Å². The quantitative estimate of drug-likeness (QED) is 0.804. The monoisotopic (exact) mass is 381 g/mol. The number of amides is 1. The highest BCUT2D eigenvalue weighted by Crippen LogP contribution is 2.36. The summed E-state index contributed by atoms with van der Waals surface area (Å²) in [5, 5.41) is 13.2. The molecule has 0 unspecified atom stereocenters. The normalized spacial score (nSPS) is 27.0. The molecule has 0 aromatic carbocycles. The molecule has 3 heterocycles. The fourth-order valence-corrected chi connectivity index (χ4v) is 5.06. The molecule has 1 N–H and O–H groups in total. The third-order valence-electron chi connectivity index (χ3n) is 5.56. The Kier molecular flexibility index (Phi) is 6.35. The Bertz CT molecular complexity index is 621. The lowest BCUT2D eigenvalue weighted by Crippen LogP contribution is -2.60. The van der Waals surface area contributed by atoms with E-state index in [4.69, 9.17) is 4.74 Å². The van der Waals surface area contributed by atoms with E-state index in [-0.39, 0.29) is 18.4 Å². The number of rotatable bonds is 6. The van der Waals surface area contributed by atoms with Crippen molar-refractivity contribution in [3.63, 3.8) is 0 Å². The molecule has 0 spiro atoms. The van der Waals surface area contributed by atoms with Gasteiger partial charge in [-0.1, -0.05) is 0 Å². The number of likely N-dealkylation sites (tertiary alicyclic amines) is 2. The van der Waals surface area contributed by atoms with Gasteiger partial charge in [0.1, 0.15) is 6.61 Å². The summed E-state index contributed by atoms with van der Waals surface area (Å²) in [6.45, 7) is 5.04. The molecular formula is C19H31N3O3S. The first-order valence-corrected chi connectivity index (χ1v) is 10.2. The van der Waals surface area contributed by atoms with Crippen LogP contribution in [0.1, 0.15) is 23.3 Å². The number of thiophene rings is 1. The molecule has 2 fully saturated rings. The Morgan fingerprint density at radius 2 is 2.15 bits per heavy atom. The van der Waals surface area contributed by atoms with E-state index < -0.39 is 5.60 Å². The number of aliphatic hydroxyl groups is 1. The summed E-state index contributed by atoms with van der Waals surface area (Å²) >= 11 is 1.81. The summed E-state index contributed by atoms with van der Waals surface area (Å²) < 4.78 is 4.98. The molecule has 7 heteroatoms. The van der Waals surface area contributed by atoms with Crippen LogP contribution in [0.5, 0.6) is 0 Å². The summed E-state index contributed by atoms with van der Waals surface area (Å²) in [4.78, 5) is 20.0. The maximum Gasteiger partial charge on any atom is 0.248 e. The number of methoxy groups -OCH3 is 1. The Morgan fingerprint density at radius 1 is 1.38 bits per heavy atom. The van der Waals surface area contributed by atoms with Crippen LogP contribution in [0.4, 0.5) is 0 Å². The number of carbonyl (C=O) groups is 1. The zero-order valence-corrected chi connectivity index (χ0v) is 16.9. The molecule has 1 aromatic heterocycles. The zero-order valence-electron chi connectivity index (χ0n) is 16.1. The second-order valence-corrected chi connectivity index (χ2v) is 8.96. The molecule has 1 aromatic rings. The molecule has 2 atom stereocenters. The van der Waals surface area contributed by atoms with Crippen molar-refractivity contribution in [2.24, 2.45) is 5.92 Å². The van der Waals surface area contributed by atoms with Crippen molar-refractivity contribution < 1.29 is 14.6 Å². The van der Waals surface area contributed by atoms with Gasteiger partial charge in [0.15, 0.2) is 0 Å². The van der Waals surface area contributed by atoms with Gasteiger partial charge in [0.25, 0.3) is 0 Å². The first kappa shape index (κ1) is 19.8. The van der Waals surface area contributed by atoms with Crippen molar-refractivity contribution in [2.45, 2.75) is 31.5 Å². The van der Waals surface area contributed by atoms with Crippen LogP contribution in [0.2, 0.25) is 0 Å². The summed E-state index contributed by atoms with van der Waals surface area (Å²) in [6.07, 6.45) is 1.47. The van der Waals surface area contributed by atoms with Crippen molar-refractivity contribution in [3.05, 3.63) is 21.9 Å². The van der Waals surface area contributed by atoms with E-state index in [1.165, 1.54) is 10.4 Å². The molecule has 26 heavy (non-hydrogen) atoms. The minimum absolute atomic E-state index is 0.0262. The highest BCUT2D eigenvalue weighted by Gasteiger charge is 2.45. The van der Waals surface area contributed by atoms with E-state index in [9.17, 15) is 9.90 Å². The summed E-state index contributed by atoms with van der Waals surface area (Å²) in [6, 6.07) is 2.29. The second kappa shape index (κ2) is 8.35. The maximum absolute atomic E-state index is 12.1. The largest absolute Gasteiger partial charge is 0.389 e. The van der Waals surface area contributed by atoms with Gasteiger partial charge in [-0.15, -0.1) is 11.3 Å². The number of ether oxygens (including phenoxy) is 1. The van der Waals surface area contributed by atoms with Gasteiger partial charge in [-0.3, -0.25) is 9.69 Å². The van der Waals surface area contributed by atoms with Gasteiger partial charge < -0.3 is 19.6 Å². The van der Waals surface area contributed by atoms with Crippen molar-refractivity contribution in [2.75, 3.05) is 54.0 Å². The average Bonchev–Trinajstić information content (AvgIpc) is 3.01. The molecule has 2 aliphatic heterocycles. The summed E-state index contributed by atoms with van der Waals surface area (Å²) in [7, 11) is 5.72. The number of hydrogen-bond donors (Lipinski definition) is 1. The van der Waals surface area contributed by atoms with E-state index in [0.29, 0.717) is 19.5 Å². The molecule has 1 amide bonds. The van der Waals surface area contributed by atoms with Gasteiger partial charge in [0.2, 0.25) is 5.91 Å². The van der Waals surface area contributed by atoms with Crippen LogP contribution in [0, 0.1) is 5.92 Å². The van der Waals surface area contributed by atoms with Crippen molar-refractivity contribution in [1.29, 1.82) is 0 Å². The van der Waals surface area contributed by atoms with Crippen molar-refractivity contribution in [3.8, 4) is 0 Å². The number of hydrogen-bond acceptors (Lipinski definition) is 6. The first-order valence-electron chi connectivity index (χ1n) is 9.32. The van der Waals surface area contributed by atoms with Crippen LogP contribution in [0.15, 0.2) is 11.4 Å². The average molecular weight is 382 g/mol. The van der Waals surface area contributed by atoms with E-state index in [1.54, 1.807) is 7.11 Å². The van der Waals surface area contributed by atoms with Crippen LogP contribution in [-0.4, -0.2) is 85.3 Å². The Morgan fingerprint density at radius 3 is 2.88 bits per heavy atom. The Hall–Kier alpha value is -0.990. The molecular weight excluding hydrogens is 350 g/mol. The van der Waals surface area contributed by atoms with Crippen LogP contribution >= 0.6 is 11.3 Å². The SMILES string of the molecule is COCC(=O)N1CC[C@]2(O)CCN(Cc3cc(CN(C)C)cs3)C[C@@H]2C1. The van der Waals surface area contributed by atoms with Gasteiger partial charge in [-0.05, 0) is 43.9 Å². The predicted octanol–water partition coefficient (Wildman–Crippen LogP) is 1.24. The number of nitrogens with zero attached hydrogens (tertiary/aromatic N) is 3. The number of fused-ring (bicyclic) bond motifs is 1. The molecule has 2 saturated heterocycles. The smallest absolute Gasteiger partial charge is 0.248 e. The van der Waals surface area contributed by atoms with Crippen LogP contribution in [0.3, 0.4) is 0 Å². The summed E-state index contributed by atoms with van der Waals surface area (Å²) in [5.74, 6) is 0.144. The zero-order chi connectivity index (χ0) is 18.7.